The van der Waals surface area contributed by atoms with Gasteiger partial charge in [0.2, 0.25) is 0 Å². The largest absolute Gasteiger partial charge is 0.419 e. The second-order valence-electron chi connectivity index (χ2n) is 6.77. The van der Waals surface area contributed by atoms with Gasteiger partial charge >= 0.3 is 12.1 Å². The standard InChI is InChI=1S/C17H18BrNO3/c18-13-3-1-2-4-14(13)19-16(21)22-15(20)11-9-10-5-6-12(11)17(10)7-8-17/h1-4,10-12H,5-9H2,(H,19,21). The number of amides is 1. The number of carbonyl (C=O) groups is 2. The van der Waals surface area contributed by atoms with Crippen molar-refractivity contribution in [3.8, 4) is 0 Å². The van der Waals surface area contributed by atoms with Crippen LogP contribution in [0.4, 0.5) is 10.5 Å². The van der Waals surface area contributed by atoms with Gasteiger partial charge in [-0.2, -0.15) is 0 Å². The molecule has 1 spiro atoms. The van der Waals surface area contributed by atoms with Crippen molar-refractivity contribution in [3.63, 3.8) is 0 Å². The van der Waals surface area contributed by atoms with Gasteiger partial charge in [0.15, 0.2) is 0 Å². The van der Waals surface area contributed by atoms with E-state index in [4.69, 9.17) is 4.74 Å². The van der Waals surface area contributed by atoms with Crippen molar-refractivity contribution in [1.82, 2.24) is 0 Å². The van der Waals surface area contributed by atoms with Crippen LogP contribution in [0.25, 0.3) is 0 Å². The Morgan fingerprint density at radius 1 is 1.23 bits per heavy atom. The summed E-state index contributed by atoms with van der Waals surface area (Å²) in [7, 11) is 0. The Bertz CT molecular complexity index is 641. The quantitative estimate of drug-likeness (QED) is 0.627. The van der Waals surface area contributed by atoms with Crippen LogP contribution in [0.1, 0.15) is 32.1 Å². The Kier molecular flexibility index (Phi) is 3.29. The average Bonchev–Trinajstić information content (AvgIpc) is 3.16. The number of para-hydroxylation sites is 1. The summed E-state index contributed by atoms with van der Waals surface area (Å²) in [5.41, 5.74) is 1.04. The maximum Gasteiger partial charge on any atom is 0.419 e. The van der Waals surface area contributed by atoms with Crippen LogP contribution in [-0.4, -0.2) is 12.1 Å². The van der Waals surface area contributed by atoms with Gasteiger partial charge in [0.05, 0.1) is 11.6 Å². The fourth-order valence-corrected chi connectivity index (χ4v) is 5.12. The first-order valence-corrected chi connectivity index (χ1v) is 8.67. The van der Waals surface area contributed by atoms with Crippen LogP contribution in [0.3, 0.4) is 0 Å². The topological polar surface area (TPSA) is 55.4 Å². The number of carbonyl (C=O) groups excluding carboxylic acids is 2. The normalized spacial score (nSPS) is 30.3. The number of halogens is 1. The van der Waals surface area contributed by atoms with E-state index in [9.17, 15) is 9.59 Å². The van der Waals surface area contributed by atoms with E-state index in [0.29, 0.717) is 22.9 Å². The molecule has 22 heavy (non-hydrogen) atoms. The fourth-order valence-electron chi connectivity index (χ4n) is 4.73. The molecule has 0 saturated heterocycles. The predicted molar refractivity (Wildman–Crippen MR) is 85.2 cm³/mol. The summed E-state index contributed by atoms with van der Waals surface area (Å²) < 4.78 is 5.82. The highest BCUT2D eigenvalue weighted by Gasteiger charge is 2.66. The number of nitrogens with one attached hydrogen (secondary N) is 1. The van der Waals surface area contributed by atoms with Crippen LogP contribution in [0.5, 0.6) is 0 Å². The summed E-state index contributed by atoms with van der Waals surface area (Å²) in [6.45, 7) is 0. The van der Waals surface area contributed by atoms with Crippen LogP contribution >= 0.6 is 15.9 Å². The summed E-state index contributed by atoms with van der Waals surface area (Å²) in [5.74, 6) is 0.705. The Labute approximate surface area is 137 Å². The lowest BCUT2D eigenvalue weighted by molar-refractivity contribution is -0.143. The first-order valence-electron chi connectivity index (χ1n) is 7.87. The van der Waals surface area contributed by atoms with E-state index in [0.717, 1.165) is 17.3 Å². The molecular formula is C17H18BrNO3. The molecule has 5 heteroatoms. The van der Waals surface area contributed by atoms with Crippen molar-refractivity contribution < 1.29 is 14.3 Å². The van der Waals surface area contributed by atoms with E-state index in [1.165, 1.54) is 19.3 Å². The molecule has 0 radical (unpaired) electrons. The van der Waals surface area contributed by atoms with Crippen LogP contribution < -0.4 is 5.32 Å². The van der Waals surface area contributed by atoms with Gasteiger partial charge in [-0.25, -0.2) is 4.79 Å². The number of hydrogen-bond donors (Lipinski definition) is 1. The molecule has 3 fully saturated rings. The first-order chi connectivity index (χ1) is 10.6. The minimum Gasteiger partial charge on any atom is -0.376 e. The van der Waals surface area contributed by atoms with E-state index in [1.54, 1.807) is 6.07 Å². The Hall–Kier alpha value is -1.36. The molecule has 0 aliphatic heterocycles. The average molecular weight is 364 g/mol. The third kappa shape index (κ3) is 2.18. The molecule has 1 aromatic rings. The van der Waals surface area contributed by atoms with Gasteiger partial charge < -0.3 is 4.74 Å². The Morgan fingerprint density at radius 2 is 2.00 bits per heavy atom. The highest BCUT2D eigenvalue weighted by Crippen LogP contribution is 2.72. The Morgan fingerprint density at radius 3 is 2.68 bits per heavy atom. The first kappa shape index (κ1) is 14.2. The predicted octanol–water partition coefficient (Wildman–Crippen LogP) is 4.35. The van der Waals surface area contributed by atoms with Gasteiger partial charge in [-0.05, 0) is 77.4 Å². The van der Waals surface area contributed by atoms with Crippen LogP contribution in [-0.2, 0) is 9.53 Å². The number of anilines is 1. The zero-order valence-electron chi connectivity index (χ0n) is 12.2. The van der Waals surface area contributed by atoms with E-state index in [1.807, 2.05) is 18.2 Å². The molecule has 3 unspecified atom stereocenters. The van der Waals surface area contributed by atoms with Gasteiger partial charge in [0, 0.05) is 4.47 Å². The summed E-state index contributed by atoms with van der Waals surface area (Å²) in [5, 5.41) is 2.62. The molecule has 2 bridgehead atoms. The minimum atomic E-state index is -0.690. The molecule has 3 atom stereocenters. The maximum atomic E-state index is 12.3. The van der Waals surface area contributed by atoms with E-state index >= 15 is 0 Å². The molecule has 4 rings (SSSR count). The lowest BCUT2D eigenvalue weighted by atomic mass is 9.87. The lowest BCUT2D eigenvalue weighted by Gasteiger charge is -2.20. The van der Waals surface area contributed by atoms with Gasteiger partial charge in [-0.15, -0.1) is 0 Å². The van der Waals surface area contributed by atoms with Crippen molar-refractivity contribution in [2.45, 2.75) is 32.1 Å². The highest BCUT2D eigenvalue weighted by atomic mass is 79.9. The van der Waals surface area contributed by atoms with Crippen LogP contribution in [0.2, 0.25) is 0 Å². The van der Waals surface area contributed by atoms with Gasteiger partial charge in [-0.3, -0.25) is 10.1 Å². The van der Waals surface area contributed by atoms with Crippen molar-refractivity contribution in [1.29, 1.82) is 0 Å². The van der Waals surface area contributed by atoms with E-state index < -0.39 is 6.09 Å². The molecule has 116 valence electrons. The van der Waals surface area contributed by atoms with Crippen LogP contribution in [0.15, 0.2) is 28.7 Å². The number of hydrogen-bond acceptors (Lipinski definition) is 3. The monoisotopic (exact) mass is 363 g/mol. The molecule has 1 N–H and O–H groups in total. The summed E-state index contributed by atoms with van der Waals surface area (Å²) in [4.78, 5) is 24.3. The molecule has 4 nitrogen and oxygen atoms in total. The molecule has 3 aliphatic rings. The van der Waals surface area contributed by atoms with E-state index in [2.05, 4.69) is 21.2 Å². The maximum absolute atomic E-state index is 12.3. The minimum absolute atomic E-state index is 0.0776. The molecule has 1 aromatic carbocycles. The van der Waals surface area contributed by atoms with Gasteiger partial charge in [-0.1, -0.05) is 12.1 Å². The lowest BCUT2D eigenvalue weighted by Crippen LogP contribution is -2.28. The van der Waals surface area contributed by atoms with Crippen molar-refractivity contribution in [3.05, 3.63) is 28.7 Å². The number of ether oxygens (including phenoxy) is 1. The zero-order chi connectivity index (χ0) is 15.3. The zero-order valence-corrected chi connectivity index (χ0v) is 13.8. The second-order valence-corrected chi connectivity index (χ2v) is 7.62. The molecular weight excluding hydrogens is 346 g/mol. The molecule has 1 amide bonds. The molecule has 3 saturated carbocycles. The molecule has 3 aliphatic carbocycles. The van der Waals surface area contributed by atoms with Crippen molar-refractivity contribution in [2.24, 2.45) is 23.2 Å². The summed E-state index contributed by atoms with van der Waals surface area (Å²) >= 11 is 3.35. The number of rotatable bonds is 2. The third-order valence-corrected chi connectivity index (χ3v) is 6.53. The SMILES string of the molecule is O=C(Nc1ccccc1Br)OC(=O)C1CC2CCC1C21CC1. The molecule has 0 heterocycles. The highest BCUT2D eigenvalue weighted by molar-refractivity contribution is 9.10. The van der Waals surface area contributed by atoms with Crippen molar-refractivity contribution >= 4 is 33.7 Å². The van der Waals surface area contributed by atoms with Gasteiger partial charge in [0.1, 0.15) is 0 Å². The van der Waals surface area contributed by atoms with Gasteiger partial charge in [0.25, 0.3) is 0 Å². The van der Waals surface area contributed by atoms with E-state index in [-0.39, 0.29) is 11.9 Å². The van der Waals surface area contributed by atoms with Crippen molar-refractivity contribution in [2.75, 3.05) is 5.32 Å². The van der Waals surface area contributed by atoms with Crippen LogP contribution in [0, 0.1) is 23.2 Å². The smallest absolute Gasteiger partial charge is 0.376 e. The summed E-state index contributed by atoms with van der Waals surface area (Å²) in [6, 6.07) is 7.25. The fraction of sp³-hybridized carbons (Fsp3) is 0.529. The molecule has 0 aromatic heterocycles. The summed E-state index contributed by atoms with van der Waals surface area (Å²) in [6.07, 6.45) is 5.11. The third-order valence-electron chi connectivity index (χ3n) is 5.84. The second kappa shape index (κ2) is 5.08. The Balaban J connectivity index is 1.39. The number of esters is 1. The number of benzene rings is 1.